The summed E-state index contributed by atoms with van der Waals surface area (Å²) in [5.41, 5.74) is 8.32. The Balaban J connectivity index is 0.000000599. The van der Waals surface area contributed by atoms with E-state index in [9.17, 15) is 0 Å². The fraction of sp³-hybridized carbons (Fsp3) is 0.193. The van der Waals surface area contributed by atoms with E-state index in [1.54, 1.807) is 0 Å². The Morgan fingerprint density at radius 2 is 0.831 bits per heavy atom. The molecule has 0 unspecified atom stereocenters. The third kappa shape index (κ3) is 8.42. The molecule has 9 aromatic carbocycles. The molecule has 0 aliphatic rings. The number of benzene rings is 7. The van der Waals surface area contributed by atoms with Crippen molar-refractivity contribution in [2.24, 2.45) is 0 Å². The van der Waals surface area contributed by atoms with Crippen LogP contribution in [-0.4, -0.2) is 8.07 Å². The van der Waals surface area contributed by atoms with E-state index in [4.69, 9.17) is 0 Å². The molecular formula is C57H58SiZr. The first-order valence-electron chi connectivity index (χ1n) is 21.5. The van der Waals surface area contributed by atoms with E-state index in [2.05, 4.69) is 212 Å². The summed E-state index contributed by atoms with van der Waals surface area (Å²) in [7, 11) is -2.67. The molecule has 0 aliphatic carbocycles. The van der Waals surface area contributed by atoms with Crippen LogP contribution in [0.2, 0.25) is 6.55 Å². The third-order valence-corrected chi connectivity index (χ3v) is 16.5. The molecule has 0 N–H and O–H groups in total. The summed E-state index contributed by atoms with van der Waals surface area (Å²) in [4.78, 5) is 0. The second kappa shape index (κ2) is 20.1. The number of hydrogen-bond acceptors (Lipinski definition) is 0. The van der Waals surface area contributed by atoms with Crippen LogP contribution in [0.25, 0.3) is 65.3 Å². The maximum Gasteiger partial charge on any atom is 4.00 e. The van der Waals surface area contributed by atoms with Gasteiger partial charge in [-0.05, 0) is 34.4 Å². The summed E-state index contributed by atoms with van der Waals surface area (Å²) in [5.74, 6) is 0. The monoisotopic (exact) mass is 860 g/mol. The summed E-state index contributed by atoms with van der Waals surface area (Å²) in [6.07, 6.45) is 6.53. The maximum atomic E-state index is 3.60. The first kappa shape index (κ1) is 43.9. The van der Waals surface area contributed by atoms with Crippen molar-refractivity contribution in [2.45, 2.75) is 72.8 Å². The summed E-state index contributed by atoms with van der Waals surface area (Å²) in [6.45, 7) is 18.7. The second-order valence-corrected chi connectivity index (χ2v) is 19.5. The summed E-state index contributed by atoms with van der Waals surface area (Å²) < 4.78 is 0. The van der Waals surface area contributed by atoms with Crippen molar-refractivity contribution in [2.75, 3.05) is 0 Å². The first-order valence-corrected chi connectivity index (χ1v) is 24.0. The predicted molar refractivity (Wildman–Crippen MR) is 261 cm³/mol. The van der Waals surface area contributed by atoms with E-state index in [1.165, 1.54) is 105 Å². The van der Waals surface area contributed by atoms with Crippen molar-refractivity contribution in [3.8, 4) is 22.3 Å². The van der Waals surface area contributed by atoms with Gasteiger partial charge >= 0.3 is 26.2 Å². The fourth-order valence-corrected chi connectivity index (χ4v) is 13.1. The van der Waals surface area contributed by atoms with E-state index in [1.807, 2.05) is 0 Å². The standard InChI is InChI=1S/C49H40Si.2C4H9.Zr/c1-4-33-31-37-21-15-29-44(48(37)46(33)42-27-13-19-35-17-9-11-25-40(35)42)50(3,39-23-7-6-8-24-39)45-30-16-22-38-32-34(5-2)47(49(38)45)43-28-14-20-36-18-10-12-26-41(36)43;2*1-3-4-2;/h6-32H,4-5H2,1-3H3;2*1,3-4H2,2H3;/q-2;2*-1;+4. The smallest absolute Gasteiger partial charge is 0.343 e. The van der Waals surface area contributed by atoms with Crippen molar-refractivity contribution >= 4 is 66.7 Å². The number of rotatable bonds is 9. The van der Waals surface area contributed by atoms with Crippen molar-refractivity contribution in [3.63, 3.8) is 0 Å². The van der Waals surface area contributed by atoms with Gasteiger partial charge in [-0.2, -0.15) is 12.8 Å². The molecule has 0 bridgehead atoms. The molecule has 0 saturated carbocycles. The zero-order valence-corrected chi connectivity index (χ0v) is 39.2. The summed E-state index contributed by atoms with van der Waals surface area (Å²) >= 11 is 0. The van der Waals surface area contributed by atoms with Gasteiger partial charge in [-0.25, -0.2) is 0 Å². The van der Waals surface area contributed by atoms with Crippen molar-refractivity contribution in [1.29, 1.82) is 0 Å². The van der Waals surface area contributed by atoms with E-state index < -0.39 is 8.07 Å². The molecule has 0 radical (unpaired) electrons. The Morgan fingerprint density at radius 3 is 1.24 bits per heavy atom. The van der Waals surface area contributed by atoms with Crippen molar-refractivity contribution in [3.05, 3.63) is 189 Å². The molecule has 0 atom stereocenters. The largest absolute Gasteiger partial charge is 4.00 e. The van der Waals surface area contributed by atoms with E-state index in [0.29, 0.717) is 0 Å². The maximum absolute atomic E-state index is 3.60. The minimum Gasteiger partial charge on any atom is -0.343 e. The van der Waals surface area contributed by atoms with Gasteiger partial charge in [0.05, 0.1) is 0 Å². The molecule has 0 spiro atoms. The molecule has 0 aliphatic heterocycles. The van der Waals surface area contributed by atoms with Crippen molar-refractivity contribution in [1.82, 2.24) is 0 Å². The van der Waals surface area contributed by atoms with Crippen LogP contribution in [0.3, 0.4) is 0 Å². The first-order chi connectivity index (χ1) is 28.4. The van der Waals surface area contributed by atoms with Crippen LogP contribution in [0.5, 0.6) is 0 Å². The average molecular weight is 862 g/mol. The molecule has 0 amide bonds. The molecule has 0 saturated heterocycles. The topological polar surface area (TPSA) is 0 Å². The van der Waals surface area contributed by atoms with Gasteiger partial charge in [0.15, 0.2) is 0 Å². The van der Waals surface area contributed by atoms with Gasteiger partial charge in [0.2, 0.25) is 0 Å². The zero-order chi connectivity index (χ0) is 40.6. The molecule has 0 heterocycles. The summed E-state index contributed by atoms with van der Waals surface area (Å²) in [6, 6.07) is 62.0. The Hall–Kier alpha value is -4.62. The van der Waals surface area contributed by atoms with E-state index in [-0.39, 0.29) is 26.2 Å². The van der Waals surface area contributed by atoms with Crippen LogP contribution < -0.4 is 15.6 Å². The van der Waals surface area contributed by atoms with Gasteiger partial charge in [-0.15, -0.1) is 80.2 Å². The molecule has 294 valence electrons. The SMILES string of the molecule is CCc1[cH-]c2cccc([Si](C)(c3ccccc3)c3cccc4[cH-]c(CC)c(-c5cccc6ccccc56)c34)c2c1-c1cccc2ccccc12.[CH2-]CCC.[CH2-]CCC.[Zr+4]. The van der Waals surface area contributed by atoms with Gasteiger partial charge in [-0.3, -0.25) is 0 Å². The van der Waals surface area contributed by atoms with Crippen LogP contribution in [0, 0.1) is 13.8 Å². The summed E-state index contributed by atoms with van der Waals surface area (Å²) in [5, 5.41) is 15.1. The minimum absolute atomic E-state index is 0. The molecule has 0 nitrogen and oxygen atoms in total. The van der Waals surface area contributed by atoms with Gasteiger partial charge in [0.1, 0.15) is 8.07 Å². The minimum atomic E-state index is -2.67. The number of aryl methyl sites for hydroxylation is 2. The van der Waals surface area contributed by atoms with Crippen LogP contribution in [0.1, 0.15) is 64.5 Å². The predicted octanol–water partition coefficient (Wildman–Crippen LogP) is 14.5. The molecular weight excluding hydrogens is 804 g/mol. The van der Waals surface area contributed by atoms with Gasteiger partial charge in [0, 0.05) is 0 Å². The Kier molecular flexibility index (Phi) is 15.0. The molecule has 0 fully saturated rings. The van der Waals surface area contributed by atoms with E-state index >= 15 is 0 Å². The van der Waals surface area contributed by atoms with E-state index in [0.717, 1.165) is 25.7 Å². The molecule has 9 rings (SSSR count). The normalized spacial score (nSPS) is 11.2. The van der Waals surface area contributed by atoms with Crippen LogP contribution in [-0.2, 0) is 39.0 Å². The third-order valence-electron chi connectivity index (χ3n) is 12.0. The Bertz CT molecular complexity index is 2580. The van der Waals surface area contributed by atoms with Crippen LogP contribution >= 0.6 is 0 Å². The Labute approximate surface area is 374 Å². The second-order valence-electron chi connectivity index (χ2n) is 15.6. The van der Waals surface area contributed by atoms with Crippen molar-refractivity contribution < 1.29 is 26.2 Å². The fourth-order valence-electron chi connectivity index (χ4n) is 8.90. The molecule has 2 heteroatoms. The number of hydrogen-bond donors (Lipinski definition) is 0. The molecule has 59 heavy (non-hydrogen) atoms. The number of fused-ring (bicyclic) bond motifs is 4. The average Bonchev–Trinajstić information content (AvgIpc) is 3.87. The zero-order valence-electron chi connectivity index (χ0n) is 35.7. The van der Waals surface area contributed by atoms with Crippen LogP contribution in [0.4, 0.5) is 0 Å². The molecule has 9 aromatic rings. The van der Waals surface area contributed by atoms with Gasteiger partial charge in [-0.1, -0.05) is 201 Å². The quantitative estimate of drug-likeness (QED) is 0.0770. The Morgan fingerprint density at radius 1 is 0.458 bits per heavy atom. The molecule has 0 aromatic heterocycles. The van der Waals surface area contributed by atoms with Gasteiger partial charge in [0.25, 0.3) is 0 Å². The van der Waals surface area contributed by atoms with Gasteiger partial charge < -0.3 is 13.8 Å². The number of unbranched alkanes of at least 4 members (excludes halogenated alkanes) is 2. The van der Waals surface area contributed by atoms with Crippen LogP contribution in [0.15, 0.2) is 164 Å².